The predicted molar refractivity (Wildman–Crippen MR) is 151 cm³/mol. The molecule has 204 valence electrons. The van der Waals surface area contributed by atoms with E-state index < -0.39 is 10.0 Å². The highest BCUT2D eigenvalue weighted by molar-refractivity contribution is 7.89. The molecular formula is C25H30ClN5O5S2. The fourth-order valence-corrected chi connectivity index (χ4v) is 6.30. The van der Waals surface area contributed by atoms with Crippen LogP contribution in [-0.2, 0) is 16.4 Å². The molecule has 1 aliphatic rings. The van der Waals surface area contributed by atoms with Gasteiger partial charge in [-0.2, -0.15) is 0 Å². The van der Waals surface area contributed by atoms with Crippen LogP contribution in [0.5, 0.6) is 11.5 Å². The van der Waals surface area contributed by atoms with Crippen LogP contribution >= 0.6 is 23.7 Å². The lowest BCUT2D eigenvalue weighted by molar-refractivity contribution is 0.403. The number of nitrogens with one attached hydrogen (secondary N) is 1. The molecule has 1 saturated heterocycles. The second kappa shape index (κ2) is 11.5. The number of rotatable bonds is 7. The van der Waals surface area contributed by atoms with Gasteiger partial charge in [0.25, 0.3) is 0 Å². The number of sulfonamides is 1. The number of anilines is 1. The Balaban J connectivity index is 0.00000336. The first-order valence-electron chi connectivity index (χ1n) is 12.0. The van der Waals surface area contributed by atoms with Crippen LogP contribution in [0.15, 0.2) is 39.9 Å². The summed E-state index contributed by atoms with van der Waals surface area (Å²) in [4.78, 5) is 6.91. The quantitative estimate of drug-likeness (QED) is 0.332. The molecule has 0 amide bonds. The normalized spacial score (nSPS) is 14.3. The van der Waals surface area contributed by atoms with Gasteiger partial charge in [-0.05, 0) is 49.2 Å². The van der Waals surface area contributed by atoms with Crippen molar-refractivity contribution in [1.82, 2.24) is 15.5 Å². The molecule has 5 rings (SSSR count). The Morgan fingerprint density at radius 2 is 1.97 bits per heavy atom. The number of aryl methyl sites for hydroxylation is 1. The van der Waals surface area contributed by atoms with E-state index in [0.29, 0.717) is 34.4 Å². The number of fused-ring (bicyclic) bond motifs is 1. The van der Waals surface area contributed by atoms with Crippen LogP contribution in [-0.4, -0.2) is 59.0 Å². The van der Waals surface area contributed by atoms with Gasteiger partial charge in [0.05, 0.1) is 25.8 Å². The van der Waals surface area contributed by atoms with Gasteiger partial charge in [0.15, 0.2) is 5.58 Å². The monoisotopic (exact) mass is 579 g/mol. The van der Waals surface area contributed by atoms with Crippen molar-refractivity contribution >= 4 is 49.7 Å². The second-order valence-electron chi connectivity index (χ2n) is 8.75. The zero-order valence-electron chi connectivity index (χ0n) is 21.3. The Kier molecular flexibility index (Phi) is 8.48. The molecule has 1 fully saturated rings. The first-order valence-corrected chi connectivity index (χ1v) is 14.3. The van der Waals surface area contributed by atoms with Gasteiger partial charge in [0.2, 0.25) is 10.0 Å². The summed E-state index contributed by atoms with van der Waals surface area (Å²) < 4.78 is 41.7. The third-order valence-electron chi connectivity index (χ3n) is 6.44. The minimum absolute atomic E-state index is 0. The third kappa shape index (κ3) is 5.32. The number of hydrogen-bond acceptors (Lipinski definition) is 10. The maximum atomic E-state index is 12.3. The Bertz CT molecular complexity index is 1550. The third-order valence-corrected chi connectivity index (χ3v) is 8.46. The summed E-state index contributed by atoms with van der Waals surface area (Å²) in [6, 6.07) is 7.13. The Morgan fingerprint density at radius 1 is 1.16 bits per heavy atom. The molecule has 10 nitrogen and oxygen atoms in total. The molecule has 3 heterocycles. The highest BCUT2D eigenvalue weighted by atomic mass is 35.5. The summed E-state index contributed by atoms with van der Waals surface area (Å²) in [6.07, 6.45) is 3.59. The van der Waals surface area contributed by atoms with Crippen molar-refractivity contribution in [2.24, 2.45) is 5.14 Å². The largest absolute Gasteiger partial charge is 0.496 e. The van der Waals surface area contributed by atoms with Crippen LogP contribution in [0.3, 0.4) is 0 Å². The Labute approximate surface area is 231 Å². The van der Waals surface area contributed by atoms with E-state index in [9.17, 15) is 8.42 Å². The minimum Gasteiger partial charge on any atom is -0.496 e. The molecule has 2 aromatic carbocycles. The number of hydrogen-bond donors (Lipinski definition) is 2. The van der Waals surface area contributed by atoms with Crippen molar-refractivity contribution in [2.45, 2.75) is 24.7 Å². The molecule has 0 aliphatic carbocycles. The van der Waals surface area contributed by atoms with E-state index in [4.69, 9.17) is 19.1 Å². The van der Waals surface area contributed by atoms with Crippen LogP contribution in [0.4, 0.5) is 5.00 Å². The van der Waals surface area contributed by atoms with E-state index >= 15 is 0 Å². The van der Waals surface area contributed by atoms with Gasteiger partial charge in [-0.1, -0.05) is 23.4 Å². The van der Waals surface area contributed by atoms with Crippen molar-refractivity contribution in [3.8, 4) is 33.3 Å². The molecule has 3 N–H and O–H groups in total. The molecule has 0 atom stereocenters. The predicted octanol–water partition coefficient (Wildman–Crippen LogP) is 4.07. The fourth-order valence-electron chi connectivity index (χ4n) is 4.58. The first kappa shape index (κ1) is 28.1. The lowest BCUT2D eigenvalue weighted by Gasteiger charge is -2.19. The Hall–Kier alpha value is -2.90. The number of nitrogens with zero attached hydrogens (tertiary/aromatic N) is 3. The van der Waals surface area contributed by atoms with Gasteiger partial charge in [0, 0.05) is 30.8 Å². The Morgan fingerprint density at radius 3 is 2.68 bits per heavy atom. The second-order valence-corrected chi connectivity index (χ2v) is 11.3. The highest BCUT2D eigenvalue weighted by Crippen LogP contribution is 2.44. The smallest absolute Gasteiger partial charge is 0.241 e. The highest BCUT2D eigenvalue weighted by Gasteiger charge is 2.26. The SMILES string of the molecule is CCc1cc(-c2noc3cc(-c4ncc(N5CCCNCC5)s4)cc(OC)c23)c(OC)c(S(N)(=O)=O)c1.Cl. The topological polar surface area (TPSA) is 133 Å². The maximum Gasteiger partial charge on any atom is 0.241 e. The number of primary sulfonamides is 1. The van der Waals surface area contributed by atoms with Gasteiger partial charge < -0.3 is 24.2 Å². The van der Waals surface area contributed by atoms with Crippen molar-refractivity contribution in [2.75, 3.05) is 45.3 Å². The summed E-state index contributed by atoms with van der Waals surface area (Å²) in [7, 11) is -1.07. The molecular weight excluding hydrogens is 550 g/mol. The molecule has 0 bridgehead atoms. The number of nitrogens with two attached hydrogens (primary N) is 1. The summed E-state index contributed by atoms with van der Waals surface area (Å²) >= 11 is 1.62. The first-order chi connectivity index (χ1) is 17.8. The van der Waals surface area contributed by atoms with E-state index in [1.54, 1.807) is 18.4 Å². The van der Waals surface area contributed by atoms with Crippen molar-refractivity contribution < 1.29 is 22.4 Å². The molecule has 38 heavy (non-hydrogen) atoms. The minimum atomic E-state index is -4.04. The van der Waals surface area contributed by atoms with Crippen LogP contribution < -0.4 is 24.8 Å². The summed E-state index contributed by atoms with van der Waals surface area (Å²) in [5, 5.41) is 15.8. The number of thiazole rings is 1. The number of halogens is 1. The van der Waals surface area contributed by atoms with Crippen LogP contribution in [0.1, 0.15) is 18.9 Å². The molecule has 0 unspecified atom stereocenters. The van der Waals surface area contributed by atoms with Crippen molar-refractivity contribution in [1.29, 1.82) is 0 Å². The molecule has 4 aromatic rings. The summed E-state index contributed by atoms with van der Waals surface area (Å²) in [6.45, 7) is 5.82. The standard InChI is InChI=1S/C25H29N5O5S2.ClH/c1-4-15-10-17(24(34-3)20(11-15)37(26,31)32)23-22-18(33-2)12-16(13-19(22)35-29-23)25-28-14-21(36-25)30-8-5-6-27-7-9-30;/h10-14,27H,4-9H2,1-3H3,(H2,26,31,32);1H. The van der Waals surface area contributed by atoms with Gasteiger partial charge in [0.1, 0.15) is 32.1 Å². The number of ether oxygens (including phenoxy) is 2. The van der Waals surface area contributed by atoms with Gasteiger partial charge in [-0.15, -0.1) is 12.4 Å². The van der Waals surface area contributed by atoms with Gasteiger partial charge in [-0.25, -0.2) is 18.5 Å². The van der Waals surface area contributed by atoms with Crippen molar-refractivity contribution in [3.63, 3.8) is 0 Å². The lowest BCUT2D eigenvalue weighted by atomic mass is 10.0. The van der Waals surface area contributed by atoms with E-state index in [1.165, 1.54) is 13.2 Å². The summed E-state index contributed by atoms with van der Waals surface area (Å²) in [5.41, 5.74) is 2.97. The van der Waals surface area contributed by atoms with E-state index in [1.807, 2.05) is 31.3 Å². The molecule has 0 radical (unpaired) electrons. The lowest BCUT2D eigenvalue weighted by Crippen LogP contribution is -2.26. The zero-order chi connectivity index (χ0) is 26.2. The average molecular weight is 580 g/mol. The number of benzene rings is 2. The number of methoxy groups -OCH3 is 2. The van der Waals surface area contributed by atoms with E-state index in [2.05, 4.69) is 20.4 Å². The van der Waals surface area contributed by atoms with Crippen LogP contribution in [0.25, 0.3) is 32.8 Å². The molecule has 0 spiro atoms. The fraction of sp³-hybridized carbons (Fsp3) is 0.360. The van der Waals surface area contributed by atoms with Gasteiger partial charge in [-0.3, -0.25) is 0 Å². The van der Waals surface area contributed by atoms with E-state index in [0.717, 1.165) is 53.7 Å². The summed E-state index contributed by atoms with van der Waals surface area (Å²) in [5.74, 6) is 0.637. The van der Waals surface area contributed by atoms with Crippen LogP contribution in [0.2, 0.25) is 0 Å². The average Bonchev–Trinajstić information content (AvgIpc) is 3.47. The number of aromatic nitrogens is 2. The van der Waals surface area contributed by atoms with Gasteiger partial charge >= 0.3 is 0 Å². The van der Waals surface area contributed by atoms with Crippen LogP contribution in [0, 0.1) is 0 Å². The zero-order valence-corrected chi connectivity index (χ0v) is 23.8. The molecule has 2 aromatic heterocycles. The van der Waals surface area contributed by atoms with Crippen molar-refractivity contribution in [3.05, 3.63) is 36.0 Å². The maximum absolute atomic E-state index is 12.3. The van der Waals surface area contributed by atoms with E-state index in [-0.39, 0.29) is 23.1 Å². The molecule has 0 saturated carbocycles. The molecule has 13 heteroatoms. The molecule has 1 aliphatic heterocycles.